The summed E-state index contributed by atoms with van der Waals surface area (Å²) in [5.74, 6) is 0. The van der Waals surface area contributed by atoms with Crippen LogP contribution in [0.1, 0.15) is 11.1 Å². The summed E-state index contributed by atoms with van der Waals surface area (Å²) in [6.07, 6.45) is 1.70. The summed E-state index contributed by atoms with van der Waals surface area (Å²) in [5.41, 5.74) is 3.49. The van der Waals surface area contributed by atoms with Gasteiger partial charge in [0.15, 0.2) is 0 Å². The highest BCUT2D eigenvalue weighted by Gasteiger charge is 2.18. The lowest BCUT2D eigenvalue weighted by Gasteiger charge is -2.06. The molecule has 1 aromatic heterocycles. The van der Waals surface area contributed by atoms with E-state index in [0.29, 0.717) is 10.0 Å². The third kappa shape index (κ3) is 5.38. The van der Waals surface area contributed by atoms with Crippen molar-refractivity contribution in [1.82, 2.24) is 9.78 Å². The van der Waals surface area contributed by atoms with Crippen molar-refractivity contribution in [2.24, 2.45) is 12.2 Å². The number of aromatic nitrogens is 2. The molecule has 0 spiro atoms. The zero-order valence-corrected chi connectivity index (χ0v) is 20.9. The fourth-order valence-corrected chi connectivity index (χ4v) is 4.61. The molecule has 162 valence electrons. The summed E-state index contributed by atoms with van der Waals surface area (Å²) < 4.78 is 2.90. The highest BCUT2D eigenvalue weighted by Crippen LogP contribution is 2.35. The van der Waals surface area contributed by atoms with Gasteiger partial charge in [0.2, 0.25) is 0 Å². The minimum absolute atomic E-state index is 0.214. The molecule has 32 heavy (non-hydrogen) atoms. The van der Waals surface area contributed by atoms with E-state index in [1.54, 1.807) is 24.0 Å². The number of nitrogens with zero attached hydrogens (tertiary/aromatic N) is 3. The smallest absolute Gasteiger partial charge is 0.143 e. The molecule has 0 bridgehead atoms. The minimum Gasteiger partial charge on any atom is -0.391 e. The quantitative estimate of drug-likeness (QED) is 0.175. The molecule has 0 saturated heterocycles. The number of aryl methyl sites for hydroxylation is 1. The second-order valence-corrected chi connectivity index (χ2v) is 9.60. The molecule has 0 atom stereocenters. The predicted molar refractivity (Wildman–Crippen MR) is 136 cm³/mol. The van der Waals surface area contributed by atoms with Gasteiger partial charge in [0, 0.05) is 27.5 Å². The number of hydrogen-bond acceptors (Lipinski definition) is 4. The van der Waals surface area contributed by atoms with Crippen molar-refractivity contribution in [3.8, 4) is 11.3 Å². The van der Waals surface area contributed by atoms with Crippen LogP contribution in [0.2, 0.25) is 10.0 Å². The minimum atomic E-state index is 0.214. The lowest BCUT2D eigenvalue weighted by Crippen LogP contribution is -1.94. The average molecular weight is 547 g/mol. The van der Waals surface area contributed by atoms with E-state index >= 15 is 0 Å². The first-order valence-corrected chi connectivity index (χ1v) is 12.0. The van der Waals surface area contributed by atoms with Crippen molar-refractivity contribution in [3.63, 3.8) is 0 Å². The molecule has 4 rings (SSSR count). The average Bonchev–Trinajstić information content (AvgIpc) is 3.11. The Bertz CT molecular complexity index is 1240. The summed E-state index contributed by atoms with van der Waals surface area (Å²) in [6.45, 7) is 0.214. The van der Waals surface area contributed by atoms with Gasteiger partial charge in [-0.1, -0.05) is 98.5 Å². The fourth-order valence-electron chi connectivity index (χ4n) is 3.04. The van der Waals surface area contributed by atoms with Crippen LogP contribution in [0.25, 0.3) is 11.3 Å². The van der Waals surface area contributed by atoms with Crippen LogP contribution in [0.5, 0.6) is 0 Å². The van der Waals surface area contributed by atoms with E-state index in [4.69, 9.17) is 33.1 Å². The van der Waals surface area contributed by atoms with Gasteiger partial charge in [-0.15, -0.1) is 0 Å². The van der Waals surface area contributed by atoms with Crippen LogP contribution in [0.3, 0.4) is 0 Å². The number of oxime groups is 1. The van der Waals surface area contributed by atoms with Crippen LogP contribution in [0.15, 0.2) is 92.3 Å². The number of benzene rings is 3. The van der Waals surface area contributed by atoms with E-state index in [0.717, 1.165) is 36.8 Å². The third-order valence-corrected chi connectivity index (χ3v) is 7.18. The predicted octanol–water partition coefficient (Wildman–Crippen LogP) is 7.86. The first kappa shape index (κ1) is 22.9. The van der Waals surface area contributed by atoms with Gasteiger partial charge in [0.05, 0.1) is 21.8 Å². The van der Waals surface area contributed by atoms with E-state index in [9.17, 15) is 0 Å². The monoisotopic (exact) mass is 545 g/mol. The number of halogens is 3. The van der Waals surface area contributed by atoms with Crippen LogP contribution in [-0.2, 0) is 18.5 Å². The SMILES string of the molecule is Cn1nc(-c2ccccc2)c(C=NOCc2cccc(Cl)c2Cl)c1Sc1ccc(Br)cc1. The lowest BCUT2D eigenvalue weighted by atomic mass is 10.1. The molecule has 4 aromatic rings. The third-order valence-electron chi connectivity index (χ3n) is 4.61. The zero-order chi connectivity index (χ0) is 22.5. The van der Waals surface area contributed by atoms with Gasteiger partial charge in [-0.05, 0) is 30.3 Å². The number of rotatable bonds is 7. The molecule has 0 aliphatic heterocycles. The summed E-state index contributed by atoms with van der Waals surface area (Å²) in [7, 11) is 1.93. The summed E-state index contributed by atoms with van der Waals surface area (Å²) >= 11 is 17.4. The second kappa shape index (κ2) is 10.6. The molecule has 1 heterocycles. The first-order valence-electron chi connectivity index (χ1n) is 9.67. The molecular formula is C24H18BrCl2N3OS. The highest BCUT2D eigenvalue weighted by molar-refractivity contribution is 9.10. The summed E-state index contributed by atoms with van der Waals surface area (Å²) in [6, 6.07) is 23.6. The van der Waals surface area contributed by atoms with Gasteiger partial charge in [-0.25, -0.2) is 0 Å². The van der Waals surface area contributed by atoms with E-state index in [1.807, 2.05) is 66.3 Å². The molecular weight excluding hydrogens is 529 g/mol. The van der Waals surface area contributed by atoms with E-state index in [2.05, 4.69) is 33.2 Å². The van der Waals surface area contributed by atoms with E-state index < -0.39 is 0 Å². The van der Waals surface area contributed by atoms with Gasteiger partial charge in [0.1, 0.15) is 17.3 Å². The molecule has 0 saturated carbocycles. The Morgan fingerprint density at radius 3 is 2.53 bits per heavy atom. The van der Waals surface area contributed by atoms with Crippen molar-refractivity contribution in [2.45, 2.75) is 16.5 Å². The Morgan fingerprint density at radius 2 is 1.78 bits per heavy atom. The van der Waals surface area contributed by atoms with Gasteiger partial charge < -0.3 is 4.84 Å². The lowest BCUT2D eigenvalue weighted by molar-refractivity contribution is 0.132. The molecule has 0 aliphatic rings. The van der Waals surface area contributed by atoms with Crippen molar-refractivity contribution < 1.29 is 4.84 Å². The van der Waals surface area contributed by atoms with Crippen LogP contribution in [-0.4, -0.2) is 16.0 Å². The molecule has 8 heteroatoms. The van der Waals surface area contributed by atoms with Crippen molar-refractivity contribution in [2.75, 3.05) is 0 Å². The Morgan fingerprint density at radius 1 is 1.03 bits per heavy atom. The summed E-state index contributed by atoms with van der Waals surface area (Å²) in [5, 5.41) is 10.9. The molecule has 0 aliphatic carbocycles. The van der Waals surface area contributed by atoms with Crippen molar-refractivity contribution in [3.05, 3.63) is 98.4 Å². The zero-order valence-electron chi connectivity index (χ0n) is 17.0. The van der Waals surface area contributed by atoms with E-state index in [-0.39, 0.29) is 6.61 Å². The van der Waals surface area contributed by atoms with Crippen LogP contribution in [0.4, 0.5) is 0 Å². The van der Waals surface area contributed by atoms with Gasteiger partial charge in [0.25, 0.3) is 0 Å². The van der Waals surface area contributed by atoms with Gasteiger partial charge in [-0.2, -0.15) is 5.10 Å². The molecule has 0 radical (unpaired) electrons. The molecule has 0 unspecified atom stereocenters. The van der Waals surface area contributed by atoms with Crippen molar-refractivity contribution in [1.29, 1.82) is 0 Å². The Hall–Kier alpha value is -2.25. The van der Waals surface area contributed by atoms with Crippen LogP contribution >= 0.6 is 50.9 Å². The molecule has 0 fully saturated rings. The standard InChI is InChI=1S/C24H18BrCl2N3OS/c1-30-24(32-19-12-10-18(25)11-13-19)20(23(29-30)16-6-3-2-4-7-16)14-28-31-15-17-8-5-9-21(26)22(17)27/h2-14H,15H2,1H3. The second-order valence-electron chi connectivity index (χ2n) is 6.83. The van der Waals surface area contributed by atoms with Gasteiger partial charge >= 0.3 is 0 Å². The summed E-state index contributed by atoms with van der Waals surface area (Å²) in [4.78, 5) is 6.65. The molecule has 0 amide bonds. The normalized spacial score (nSPS) is 11.2. The van der Waals surface area contributed by atoms with Crippen LogP contribution in [0, 0.1) is 0 Å². The first-order chi connectivity index (χ1) is 15.5. The molecule has 4 nitrogen and oxygen atoms in total. The topological polar surface area (TPSA) is 39.4 Å². The Balaban J connectivity index is 1.64. The maximum atomic E-state index is 6.24. The fraction of sp³-hybridized carbons (Fsp3) is 0.0833. The molecule has 3 aromatic carbocycles. The van der Waals surface area contributed by atoms with Crippen LogP contribution < -0.4 is 0 Å². The maximum absolute atomic E-state index is 6.24. The largest absolute Gasteiger partial charge is 0.391 e. The van der Waals surface area contributed by atoms with Gasteiger partial charge in [-0.3, -0.25) is 4.68 Å². The Kier molecular flexibility index (Phi) is 7.58. The highest BCUT2D eigenvalue weighted by atomic mass is 79.9. The molecule has 0 N–H and O–H groups in total. The van der Waals surface area contributed by atoms with E-state index in [1.165, 1.54) is 0 Å². The number of hydrogen-bond donors (Lipinski definition) is 0. The maximum Gasteiger partial charge on any atom is 0.143 e. The van der Waals surface area contributed by atoms with Crippen molar-refractivity contribution >= 4 is 57.1 Å². The Labute approximate surface area is 209 Å².